The number of hydrogen-bond acceptors (Lipinski definition) is 4. The van der Waals surface area contributed by atoms with Crippen molar-refractivity contribution in [1.29, 1.82) is 0 Å². The van der Waals surface area contributed by atoms with Crippen LogP contribution in [0.1, 0.15) is 6.42 Å². The molecule has 0 aliphatic carbocycles. The van der Waals surface area contributed by atoms with Crippen LogP contribution in [0.4, 0.5) is 5.69 Å². The molecule has 1 saturated heterocycles. The molecule has 1 aliphatic rings. The Balaban J connectivity index is 1.55. The zero-order chi connectivity index (χ0) is 14.9. The number of thiocarbonyl (C=S) groups is 1. The number of anilines is 1. The number of morpholine rings is 1. The molecule has 0 spiro atoms. The minimum Gasteiger partial charge on any atom is -0.379 e. The minimum atomic E-state index is 0.608. The van der Waals surface area contributed by atoms with Crippen LogP contribution in [-0.2, 0) is 4.74 Å². The van der Waals surface area contributed by atoms with Crippen LogP contribution in [0.3, 0.4) is 0 Å². The molecular formula is C14H21BrN4OS. The standard InChI is InChI=1S/C14H21BrN4OS/c15-12-3-1-4-13(11-12)17-18-14(21)16-5-2-6-19-7-9-20-10-8-19/h1,3-4,11,17H,2,5-10H2,(H2,16,18,21). The molecule has 21 heavy (non-hydrogen) atoms. The van der Waals surface area contributed by atoms with Crippen molar-refractivity contribution in [3.63, 3.8) is 0 Å². The number of hydrogen-bond donors (Lipinski definition) is 3. The maximum atomic E-state index is 5.33. The van der Waals surface area contributed by atoms with Crippen molar-refractivity contribution in [3.05, 3.63) is 28.7 Å². The van der Waals surface area contributed by atoms with Crippen molar-refractivity contribution < 1.29 is 4.74 Å². The Bertz CT molecular complexity index is 454. The Kier molecular flexibility index (Phi) is 7.21. The molecule has 1 fully saturated rings. The van der Waals surface area contributed by atoms with Gasteiger partial charge in [-0.2, -0.15) is 0 Å². The first kappa shape index (κ1) is 16.5. The fourth-order valence-electron chi connectivity index (χ4n) is 2.07. The highest BCUT2D eigenvalue weighted by atomic mass is 79.9. The van der Waals surface area contributed by atoms with E-state index in [0.29, 0.717) is 5.11 Å². The van der Waals surface area contributed by atoms with Crippen LogP contribution < -0.4 is 16.2 Å². The van der Waals surface area contributed by atoms with E-state index in [0.717, 1.165) is 56.0 Å². The lowest BCUT2D eigenvalue weighted by Gasteiger charge is -2.26. The molecule has 2 rings (SSSR count). The molecule has 116 valence electrons. The van der Waals surface area contributed by atoms with E-state index in [1.165, 1.54) is 0 Å². The van der Waals surface area contributed by atoms with Gasteiger partial charge in [-0.15, -0.1) is 0 Å². The summed E-state index contributed by atoms with van der Waals surface area (Å²) >= 11 is 8.65. The molecule has 5 nitrogen and oxygen atoms in total. The van der Waals surface area contributed by atoms with Gasteiger partial charge in [0, 0.05) is 24.1 Å². The summed E-state index contributed by atoms with van der Waals surface area (Å²) in [6.07, 6.45) is 1.07. The van der Waals surface area contributed by atoms with E-state index in [4.69, 9.17) is 17.0 Å². The van der Waals surface area contributed by atoms with Gasteiger partial charge >= 0.3 is 0 Å². The molecule has 1 aromatic carbocycles. The van der Waals surface area contributed by atoms with Gasteiger partial charge in [0.15, 0.2) is 5.11 Å². The Morgan fingerprint density at radius 1 is 1.33 bits per heavy atom. The summed E-state index contributed by atoms with van der Waals surface area (Å²) in [4.78, 5) is 2.42. The summed E-state index contributed by atoms with van der Waals surface area (Å²) < 4.78 is 6.35. The molecule has 0 aromatic heterocycles. The molecule has 0 amide bonds. The van der Waals surface area contributed by atoms with Crippen molar-refractivity contribution in [2.45, 2.75) is 6.42 Å². The summed E-state index contributed by atoms with van der Waals surface area (Å²) in [5, 5.41) is 3.80. The van der Waals surface area contributed by atoms with Crippen LogP contribution >= 0.6 is 28.1 Å². The van der Waals surface area contributed by atoms with Crippen molar-refractivity contribution in [3.8, 4) is 0 Å². The summed E-state index contributed by atoms with van der Waals surface area (Å²) in [5.74, 6) is 0. The van der Waals surface area contributed by atoms with Crippen molar-refractivity contribution >= 4 is 38.9 Å². The lowest BCUT2D eigenvalue weighted by molar-refractivity contribution is 0.0376. The zero-order valence-corrected chi connectivity index (χ0v) is 14.3. The van der Waals surface area contributed by atoms with Crippen LogP contribution in [0.15, 0.2) is 28.7 Å². The largest absolute Gasteiger partial charge is 0.379 e. The van der Waals surface area contributed by atoms with Gasteiger partial charge in [0.1, 0.15) is 0 Å². The van der Waals surface area contributed by atoms with Crippen LogP contribution in [0.25, 0.3) is 0 Å². The second-order valence-electron chi connectivity index (χ2n) is 4.82. The lowest BCUT2D eigenvalue weighted by Crippen LogP contribution is -2.41. The van der Waals surface area contributed by atoms with E-state index in [1.54, 1.807) is 0 Å². The summed E-state index contributed by atoms with van der Waals surface area (Å²) in [6.45, 7) is 5.72. The average Bonchev–Trinajstić information content (AvgIpc) is 2.51. The summed E-state index contributed by atoms with van der Waals surface area (Å²) in [5.41, 5.74) is 7.01. The highest BCUT2D eigenvalue weighted by Gasteiger charge is 2.09. The molecular weight excluding hydrogens is 352 g/mol. The van der Waals surface area contributed by atoms with Crippen molar-refractivity contribution in [2.75, 3.05) is 44.8 Å². The summed E-state index contributed by atoms with van der Waals surface area (Å²) in [7, 11) is 0. The molecule has 1 aromatic rings. The number of nitrogens with zero attached hydrogens (tertiary/aromatic N) is 1. The van der Waals surface area contributed by atoms with Crippen LogP contribution in [0.2, 0.25) is 0 Å². The van der Waals surface area contributed by atoms with Crippen LogP contribution in [0.5, 0.6) is 0 Å². The zero-order valence-electron chi connectivity index (χ0n) is 11.9. The van der Waals surface area contributed by atoms with E-state index >= 15 is 0 Å². The first-order valence-corrected chi connectivity index (χ1v) is 8.30. The van der Waals surface area contributed by atoms with Gasteiger partial charge < -0.3 is 10.1 Å². The Hall–Kier alpha value is -0.890. The molecule has 1 heterocycles. The highest BCUT2D eigenvalue weighted by Crippen LogP contribution is 2.14. The van der Waals surface area contributed by atoms with E-state index in [1.807, 2.05) is 24.3 Å². The Labute approximate surface area is 139 Å². The van der Waals surface area contributed by atoms with Gasteiger partial charge in [0.05, 0.1) is 18.9 Å². The quantitative estimate of drug-likeness (QED) is 0.403. The number of nitrogens with one attached hydrogen (secondary N) is 3. The maximum Gasteiger partial charge on any atom is 0.185 e. The molecule has 1 aliphatic heterocycles. The van der Waals surface area contributed by atoms with Crippen LogP contribution in [-0.4, -0.2) is 49.4 Å². The number of hydrazine groups is 1. The molecule has 3 N–H and O–H groups in total. The normalized spacial score (nSPS) is 15.5. The van der Waals surface area contributed by atoms with E-state index in [9.17, 15) is 0 Å². The second-order valence-corrected chi connectivity index (χ2v) is 6.15. The smallest absolute Gasteiger partial charge is 0.185 e. The van der Waals surface area contributed by atoms with E-state index < -0.39 is 0 Å². The maximum absolute atomic E-state index is 5.33. The van der Waals surface area contributed by atoms with Crippen molar-refractivity contribution in [2.24, 2.45) is 0 Å². The van der Waals surface area contributed by atoms with Gasteiger partial charge in [0.25, 0.3) is 0 Å². The van der Waals surface area contributed by atoms with Crippen LogP contribution in [0, 0.1) is 0 Å². The second kappa shape index (κ2) is 9.19. The van der Waals surface area contributed by atoms with Gasteiger partial charge in [-0.05, 0) is 43.4 Å². The molecule has 0 atom stereocenters. The molecule has 7 heteroatoms. The molecule has 0 bridgehead atoms. The summed E-state index contributed by atoms with van der Waals surface area (Å²) in [6, 6.07) is 7.90. The number of halogens is 1. The van der Waals surface area contributed by atoms with Gasteiger partial charge in [-0.1, -0.05) is 22.0 Å². The Morgan fingerprint density at radius 2 is 2.14 bits per heavy atom. The molecule has 0 saturated carbocycles. The third kappa shape index (κ3) is 6.60. The van der Waals surface area contributed by atoms with Gasteiger partial charge in [0.2, 0.25) is 0 Å². The SMILES string of the molecule is S=C(NCCCN1CCOCC1)NNc1cccc(Br)c1. The fraction of sp³-hybridized carbons (Fsp3) is 0.500. The topological polar surface area (TPSA) is 48.6 Å². The third-order valence-electron chi connectivity index (χ3n) is 3.19. The fourth-order valence-corrected chi connectivity index (χ4v) is 2.62. The van der Waals surface area contributed by atoms with E-state index in [-0.39, 0.29) is 0 Å². The number of rotatable bonds is 6. The number of benzene rings is 1. The van der Waals surface area contributed by atoms with Gasteiger partial charge in [-0.25, -0.2) is 0 Å². The minimum absolute atomic E-state index is 0.608. The monoisotopic (exact) mass is 372 g/mol. The predicted octanol–water partition coefficient (Wildman–Crippen LogP) is 1.96. The van der Waals surface area contributed by atoms with E-state index in [2.05, 4.69) is 37.0 Å². The first-order chi connectivity index (χ1) is 10.2. The van der Waals surface area contributed by atoms with Crippen molar-refractivity contribution in [1.82, 2.24) is 15.6 Å². The van der Waals surface area contributed by atoms with Gasteiger partial charge in [-0.3, -0.25) is 15.8 Å². The lowest BCUT2D eigenvalue weighted by atomic mass is 10.3. The molecule has 0 radical (unpaired) electrons. The number of ether oxygens (including phenoxy) is 1. The first-order valence-electron chi connectivity index (χ1n) is 7.09. The highest BCUT2D eigenvalue weighted by molar-refractivity contribution is 9.10. The Morgan fingerprint density at radius 3 is 2.90 bits per heavy atom. The predicted molar refractivity (Wildman–Crippen MR) is 93.4 cm³/mol. The molecule has 0 unspecified atom stereocenters. The average molecular weight is 373 g/mol. The third-order valence-corrected chi connectivity index (χ3v) is 3.93.